The van der Waals surface area contributed by atoms with Gasteiger partial charge in [-0.1, -0.05) is 11.6 Å². The number of nitrogens with zero attached hydrogens (tertiary/aromatic N) is 4. The molecule has 176 valence electrons. The number of hydrogen-bond donors (Lipinski definition) is 4. The standard InChI is InChI=1S/C21H24ClF2N7O2/c1-10(9-32)27-20-26-8-16-19(30-20)31(13-4-2-11(3-5-13)18(25)33)21(28-16)29-17-14(22)6-12(23)7-15(17)24/h6-8,10-11,13,32H,2-5,9H2,1H3,(H2,25,33)(H,28,29)(H,26,27,30)/t10-,11?,13?/m1/s1. The molecule has 5 N–H and O–H groups in total. The molecule has 33 heavy (non-hydrogen) atoms. The molecule has 1 fully saturated rings. The monoisotopic (exact) mass is 479 g/mol. The summed E-state index contributed by atoms with van der Waals surface area (Å²) in [5, 5.41) is 15.1. The molecule has 12 heteroatoms. The van der Waals surface area contributed by atoms with E-state index in [1.54, 1.807) is 6.92 Å². The van der Waals surface area contributed by atoms with Crippen LogP contribution in [0.15, 0.2) is 18.3 Å². The zero-order valence-electron chi connectivity index (χ0n) is 17.9. The Hall–Kier alpha value is -3.05. The van der Waals surface area contributed by atoms with Crippen molar-refractivity contribution >= 4 is 46.3 Å². The van der Waals surface area contributed by atoms with Crippen LogP contribution in [0.25, 0.3) is 11.2 Å². The van der Waals surface area contributed by atoms with Gasteiger partial charge in [0.2, 0.25) is 17.8 Å². The number of imidazole rings is 1. The molecule has 0 spiro atoms. The number of aromatic nitrogens is 4. The van der Waals surface area contributed by atoms with E-state index in [-0.39, 0.29) is 47.2 Å². The van der Waals surface area contributed by atoms with Crippen LogP contribution in [0.5, 0.6) is 0 Å². The molecule has 1 aromatic carbocycles. The van der Waals surface area contributed by atoms with Crippen molar-refractivity contribution in [3.63, 3.8) is 0 Å². The Morgan fingerprint density at radius 3 is 2.67 bits per heavy atom. The van der Waals surface area contributed by atoms with Crippen molar-refractivity contribution in [3.05, 3.63) is 35.0 Å². The minimum atomic E-state index is -0.860. The predicted octanol–water partition coefficient (Wildman–Crippen LogP) is 3.51. The molecule has 2 aromatic heterocycles. The number of halogens is 3. The zero-order valence-corrected chi connectivity index (χ0v) is 18.6. The number of primary amides is 1. The maximum absolute atomic E-state index is 14.5. The molecule has 0 bridgehead atoms. The van der Waals surface area contributed by atoms with E-state index in [2.05, 4.69) is 25.6 Å². The highest BCUT2D eigenvalue weighted by molar-refractivity contribution is 6.33. The predicted molar refractivity (Wildman–Crippen MR) is 120 cm³/mol. The summed E-state index contributed by atoms with van der Waals surface area (Å²) in [5.41, 5.74) is 6.30. The number of carbonyl (C=O) groups is 1. The molecular weight excluding hydrogens is 456 g/mol. The summed E-state index contributed by atoms with van der Waals surface area (Å²) >= 11 is 6.08. The van der Waals surface area contributed by atoms with Gasteiger partial charge in [0, 0.05) is 24.1 Å². The van der Waals surface area contributed by atoms with E-state index < -0.39 is 11.6 Å². The maximum Gasteiger partial charge on any atom is 0.225 e. The van der Waals surface area contributed by atoms with E-state index >= 15 is 0 Å². The number of aliphatic hydroxyl groups is 1. The van der Waals surface area contributed by atoms with Crippen molar-refractivity contribution in [2.24, 2.45) is 11.7 Å². The van der Waals surface area contributed by atoms with Gasteiger partial charge < -0.3 is 21.5 Å². The molecular formula is C21H24ClF2N7O2. The van der Waals surface area contributed by atoms with Crippen molar-refractivity contribution in [3.8, 4) is 0 Å². The molecule has 1 atom stereocenters. The van der Waals surface area contributed by atoms with E-state index in [1.165, 1.54) is 6.20 Å². The SMILES string of the molecule is C[C@H](CO)Nc1ncc2nc(Nc3c(F)cc(F)cc3Cl)n(C3CCC(C(N)=O)CC3)c2n1. The van der Waals surface area contributed by atoms with Crippen LogP contribution in [0.1, 0.15) is 38.6 Å². The number of fused-ring (bicyclic) bond motifs is 1. The number of carbonyl (C=O) groups excluding carboxylic acids is 1. The molecule has 0 unspecified atom stereocenters. The minimum absolute atomic E-state index is 0.103. The lowest BCUT2D eigenvalue weighted by atomic mass is 9.85. The lowest BCUT2D eigenvalue weighted by Gasteiger charge is -2.29. The number of aliphatic hydroxyl groups excluding tert-OH is 1. The largest absolute Gasteiger partial charge is 0.394 e. The number of benzene rings is 1. The summed E-state index contributed by atoms with van der Waals surface area (Å²) in [6, 6.07) is 1.37. The summed E-state index contributed by atoms with van der Waals surface area (Å²) < 4.78 is 29.8. The van der Waals surface area contributed by atoms with Crippen LogP contribution in [0.3, 0.4) is 0 Å². The smallest absolute Gasteiger partial charge is 0.225 e. The van der Waals surface area contributed by atoms with Crippen molar-refractivity contribution in [2.75, 3.05) is 17.2 Å². The van der Waals surface area contributed by atoms with Gasteiger partial charge in [0.25, 0.3) is 0 Å². The van der Waals surface area contributed by atoms with E-state index in [0.717, 1.165) is 12.1 Å². The topological polar surface area (TPSA) is 131 Å². The third-order valence-electron chi connectivity index (χ3n) is 5.79. The fraction of sp³-hybridized carbons (Fsp3) is 0.429. The average Bonchev–Trinajstić information content (AvgIpc) is 3.13. The van der Waals surface area contributed by atoms with Gasteiger partial charge in [0.05, 0.1) is 23.5 Å². The van der Waals surface area contributed by atoms with Gasteiger partial charge in [-0.2, -0.15) is 4.98 Å². The second-order valence-corrected chi connectivity index (χ2v) is 8.62. The summed E-state index contributed by atoms with van der Waals surface area (Å²) in [7, 11) is 0. The van der Waals surface area contributed by atoms with Crippen LogP contribution in [-0.2, 0) is 4.79 Å². The highest BCUT2D eigenvalue weighted by Crippen LogP contribution is 2.38. The lowest BCUT2D eigenvalue weighted by Crippen LogP contribution is -2.29. The van der Waals surface area contributed by atoms with Gasteiger partial charge in [-0.3, -0.25) is 9.36 Å². The van der Waals surface area contributed by atoms with Crippen LogP contribution in [0.2, 0.25) is 5.02 Å². The number of nitrogens with one attached hydrogen (secondary N) is 2. The zero-order chi connectivity index (χ0) is 23.7. The Morgan fingerprint density at radius 1 is 1.30 bits per heavy atom. The van der Waals surface area contributed by atoms with Gasteiger partial charge in [-0.15, -0.1) is 0 Å². The molecule has 0 aliphatic heterocycles. The van der Waals surface area contributed by atoms with Crippen LogP contribution in [0.4, 0.5) is 26.4 Å². The normalized spacial score (nSPS) is 19.4. The van der Waals surface area contributed by atoms with Crippen LogP contribution < -0.4 is 16.4 Å². The molecule has 1 amide bonds. The Bertz CT molecular complexity index is 1160. The quantitative estimate of drug-likeness (QED) is 0.407. The van der Waals surface area contributed by atoms with Crippen LogP contribution in [0, 0.1) is 17.6 Å². The lowest BCUT2D eigenvalue weighted by molar-refractivity contribution is -0.122. The Labute approximate surface area is 193 Å². The molecule has 0 radical (unpaired) electrons. The third kappa shape index (κ3) is 4.83. The van der Waals surface area contributed by atoms with Crippen LogP contribution >= 0.6 is 11.6 Å². The molecule has 1 saturated carbocycles. The van der Waals surface area contributed by atoms with Crippen molar-refractivity contribution in [1.29, 1.82) is 0 Å². The molecule has 4 rings (SSSR count). The molecule has 2 heterocycles. The molecule has 9 nitrogen and oxygen atoms in total. The second kappa shape index (κ2) is 9.44. The summed E-state index contributed by atoms with van der Waals surface area (Å²) in [6.45, 7) is 1.68. The average molecular weight is 480 g/mol. The fourth-order valence-corrected chi connectivity index (χ4v) is 4.29. The van der Waals surface area contributed by atoms with E-state index in [9.17, 15) is 18.7 Å². The summed E-state index contributed by atoms with van der Waals surface area (Å²) in [4.78, 5) is 24.9. The highest BCUT2D eigenvalue weighted by atomic mass is 35.5. The Kier molecular flexibility index (Phi) is 6.61. The van der Waals surface area contributed by atoms with Gasteiger partial charge >= 0.3 is 0 Å². The number of anilines is 3. The first-order valence-corrected chi connectivity index (χ1v) is 11.0. The van der Waals surface area contributed by atoms with Gasteiger partial charge in [-0.25, -0.2) is 18.7 Å². The molecule has 1 aliphatic rings. The Balaban J connectivity index is 1.77. The Morgan fingerprint density at radius 2 is 2.03 bits per heavy atom. The van der Waals surface area contributed by atoms with Crippen molar-refractivity contribution in [2.45, 2.75) is 44.7 Å². The van der Waals surface area contributed by atoms with Gasteiger partial charge in [0.1, 0.15) is 11.3 Å². The van der Waals surface area contributed by atoms with E-state index in [1.807, 2.05) is 4.57 Å². The van der Waals surface area contributed by atoms with Crippen LogP contribution in [-0.4, -0.2) is 43.2 Å². The first-order valence-electron chi connectivity index (χ1n) is 10.6. The minimum Gasteiger partial charge on any atom is -0.394 e. The molecule has 3 aromatic rings. The number of amides is 1. The van der Waals surface area contributed by atoms with Gasteiger partial charge in [0.15, 0.2) is 11.5 Å². The first kappa shape index (κ1) is 23.1. The summed E-state index contributed by atoms with van der Waals surface area (Å²) in [5.74, 6) is -1.61. The number of nitrogens with two attached hydrogens (primary N) is 1. The second-order valence-electron chi connectivity index (χ2n) is 8.21. The highest BCUT2D eigenvalue weighted by Gasteiger charge is 2.29. The molecule has 1 aliphatic carbocycles. The first-order chi connectivity index (χ1) is 15.8. The summed E-state index contributed by atoms with van der Waals surface area (Å²) in [6.07, 6.45) is 3.99. The fourth-order valence-electron chi connectivity index (χ4n) is 4.05. The number of rotatable bonds is 7. The maximum atomic E-state index is 14.5. The van der Waals surface area contributed by atoms with Gasteiger partial charge in [-0.05, 0) is 38.7 Å². The van der Waals surface area contributed by atoms with Crippen molar-refractivity contribution < 1.29 is 18.7 Å². The third-order valence-corrected chi connectivity index (χ3v) is 6.09. The van der Waals surface area contributed by atoms with E-state index in [4.69, 9.17) is 17.3 Å². The number of hydrogen-bond acceptors (Lipinski definition) is 7. The van der Waals surface area contributed by atoms with E-state index in [0.29, 0.717) is 42.8 Å². The molecule has 0 saturated heterocycles. The van der Waals surface area contributed by atoms with Crippen molar-refractivity contribution in [1.82, 2.24) is 19.5 Å².